The van der Waals surface area contributed by atoms with Crippen LogP contribution in [0.25, 0.3) is 0 Å². The van der Waals surface area contributed by atoms with Gasteiger partial charge in [-0.3, -0.25) is 14.5 Å². The van der Waals surface area contributed by atoms with E-state index in [4.69, 9.17) is 28.9 Å². The Hall–Kier alpha value is -2.86. The molecule has 1 saturated heterocycles. The van der Waals surface area contributed by atoms with Crippen LogP contribution in [0.4, 0.5) is 0 Å². The van der Waals surface area contributed by atoms with E-state index in [9.17, 15) is 9.59 Å². The van der Waals surface area contributed by atoms with Gasteiger partial charge >= 0.3 is 0 Å². The van der Waals surface area contributed by atoms with Crippen LogP contribution in [0.1, 0.15) is 57.7 Å². The molecule has 7 heteroatoms. The van der Waals surface area contributed by atoms with Gasteiger partial charge in [-0.05, 0) is 55.2 Å². The van der Waals surface area contributed by atoms with Crippen LogP contribution in [0.3, 0.4) is 0 Å². The number of piperidine rings is 1. The van der Waals surface area contributed by atoms with E-state index in [0.29, 0.717) is 15.6 Å². The molecule has 1 fully saturated rings. The fourth-order valence-corrected chi connectivity index (χ4v) is 5.15. The van der Waals surface area contributed by atoms with Gasteiger partial charge in [-0.15, -0.1) is 0 Å². The Morgan fingerprint density at radius 1 is 0.943 bits per heavy atom. The zero-order valence-electron chi connectivity index (χ0n) is 19.7. The molecule has 182 valence electrons. The van der Waals surface area contributed by atoms with E-state index in [0.717, 1.165) is 43.6 Å². The maximum absolute atomic E-state index is 13.9. The van der Waals surface area contributed by atoms with E-state index in [-0.39, 0.29) is 23.6 Å². The minimum absolute atomic E-state index is 0.0312. The Morgan fingerprint density at radius 2 is 1.57 bits per heavy atom. The summed E-state index contributed by atoms with van der Waals surface area (Å²) in [5.74, 6) is -0.767. The Kier molecular flexibility index (Phi) is 8.11. The maximum atomic E-state index is 13.9. The number of hydrogen-bond acceptors (Lipinski definition) is 3. The third-order valence-corrected chi connectivity index (χ3v) is 7.44. The number of hydrogen-bond donors (Lipinski definition) is 1. The predicted molar refractivity (Wildman–Crippen MR) is 141 cm³/mol. The number of halogens is 2. The monoisotopic (exact) mass is 509 g/mol. The number of likely N-dealkylation sites (tertiary alicyclic amines) is 1. The molecule has 1 unspecified atom stereocenters. The molecule has 2 amide bonds. The van der Waals surface area contributed by atoms with Crippen LogP contribution in [0.5, 0.6) is 0 Å². The lowest BCUT2D eigenvalue weighted by Gasteiger charge is -2.42. The van der Waals surface area contributed by atoms with Crippen LogP contribution in [0.15, 0.2) is 72.8 Å². The number of rotatable bonds is 7. The number of amides is 2. The van der Waals surface area contributed by atoms with Gasteiger partial charge in [-0.2, -0.15) is 0 Å². The first-order chi connectivity index (χ1) is 16.8. The fourth-order valence-electron chi connectivity index (χ4n) is 4.83. The summed E-state index contributed by atoms with van der Waals surface area (Å²) in [5, 5.41) is 1.11. The molecule has 3 aromatic carbocycles. The highest BCUT2D eigenvalue weighted by Gasteiger charge is 2.33. The van der Waals surface area contributed by atoms with Gasteiger partial charge < -0.3 is 10.6 Å². The molecule has 0 bridgehead atoms. The van der Waals surface area contributed by atoms with E-state index in [1.54, 1.807) is 24.3 Å². The van der Waals surface area contributed by atoms with Gasteiger partial charge in [-0.1, -0.05) is 71.7 Å². The lowest BCUT2D eigenvalue weighted by atomic mass is 9.95. The van der Waals surface area contributed by atoms with E-state index in [1.165, 1.54) is 0 Å². The molecule has 4 rings (SSSR count). The Bertz CT molecular complexity index is 1190. The zero-order chi connectivity index (χ0) is 24.9. The van der Waals surface area contributed by atoms with Crippen molar-refractivity contribution in [3.05, 3.63) is 105 Å². The van der Waals surface area contributed by atoms with E-state index < -0.39 is 5.91 Å². The fraction of sp³-hybridized carbons (Fsp3) is 0.286. The third kappa shape index (κ3) is 5.87. The van der Waals surface area contributed by atoms with Crippen LogP contribution in [-0.4, -0.2) is 40.7 Å². The highest BCUT2D eigenvalue weighted by atomic mass is 35.5. The summed E-state index contributed by atoms with van der Waals surface area (Å²) >= 11 is 12.2. The zero-order valence-corrected chi connectivity index (χ0v) is 21.2. The Balaban J connectivity index is 1.56. The van der Waals surface area contributed by atoms with Crippen molar-refractivity contribution in [2.75, 3.05) is 13.1 Å². The number of nitrogens with two attached hydrogens (primary N) is 1. The normalized spacial score (nSPS) is 15.5. The van der Waals surface area contributed by atoms with Crippen molar-refractivity contribution in [3.8, 4) is 0 Å². The van der Waals surface area contributed by atoms with Crippen molar-refractivity contribution >= 4 is 35.0 Å². The van der Waals surface area contributed by atoms with Gasteiger partial charge in [0.2, 0.25) is 5.91 Å². The molecule has 1 aliphatic heterocycles. The van der Waals surface area contributed by atoms with Crippen LogP contribution in [0.2, 0.25) is 10.0 Å². The molecule has 0 aliphatic carbocycles. The summed E-state index contributed by atoms with van der Waals surface area (Å²) in [4.78, 5) is 30.3. The average Bonchev–Trinajstić information content (AvgIpc) is 2.87. The quantitative estimate of drug-likeness (QED) is 0.427. The van der Waals surface area contributed by atoms with E-state index in [1.807, 2.05) is 60.4 Å². The second-order valence-electron chi connectivity index (χ2n) is 8.96. The van der Waals surface area contributed by atoms with Gasteiger partial charge in [0, 0.05) is 25.7 Å². The van der Waals surface area contributed by atoms with E-state index >= 15 is 0 Å². The number of nitrogens with zero attached hydrogens (tertiary/aromatic N) is 2. The number of benzene rings is 3. The van der Waals surface area contributed by atoms with Crippen molar-refractivity contribution in [3.63, 3.8) is 0 Å². The summed E-state index contributed by atoms with van der Waals surface area (Å²) < 4.78 is 0. The van der Waals surface area contributed by atoms with Gasteiger partial charge in [-0.25, -0.2) is 0 Å². The molecule has 0 aromatic heterocycles. The van der Waals surface area contributed by atoms with Crippen LogP contribution in [-0.2, 0) is 6.54 Å². The maximum Gasteiger partial charge on any atom is 0.255 e. The molecule has 1 heterocycles. The molecule has 0 spiro atoms. The largest absolute Gasteiger partial charge is 0.366 e. The molecular weight excluding hydrogens is 481 g/mol. The molecular formula is C28H29Cl2N3O2. The minimum Gasteiger partial charge on any atom is -0.366 e. The molecule has 1 aliphatic rings. The minimum atomic E-state index is -0.599. The summed E-state index contributed by atoms with van der Waals surface area (Å²) in [5.41, 5.74) is 8.36. The molecule has 3 aromatic rings. The number of carbonyl (C=O) groups excluding carboxylic acids is 2. The highest BCUT2D eigenvalue weighted by Crippen LogP contribution is 2.31. The van der Waals surface area contributed by atoms with Crippen molar-refractivity contribution < 1.29 is 9.59 Å². The van der Waals surface area contributed by atoms with Gasteiger partial charge in [0.25, 0.3) is 5.91 Å². The van der Waals surface area contributed by atoms with Gasteiger partial charge in [0.05, 0.1) is 27.2 Å². The second-order valence-corrected chi connectivity index (χ2v) is 9.78. The Labute approximate surface area is 216 Å². The van der Waals surface area contributed by atoms with Crippen molar-refractivity contribution in [2.24, 2.45) is 5.73 Å². The standard InChI is InChI=1S/C28H29Cl2N3O2/c1-19(21-7-3-2-4-8-21)33(28(35)24-10-6-5-9-23(24)27(31)34)22-13-15-32(16-14-22)18-20-11-12-25(29)26(30)17-20/h2-12,17,19,22H,13-16,18H2,1H3,(H2,31,34). The first-order valence-electron chi connectivity index (χ1n) is 11.8. The molecule has 0 saturated carbocycles. The van der Waals surface area contributed by atoms with Crippen molar-refractivity contribution in [1.29, 1.82) is 0 Å². The molecule has 1 atom stereocenters. The highest BCUT2D eigenvalue weighted by molar-refractivity contribution is 6.42. The summed E-state index contributed by atoms with van der Waals surface area (Å²) in [6, 6.07) is 22.4. The molecule has 0 radical (unpaired) electrons. The summed E-state index contributed by atoms with van der Waals surface area (Å²) in [7, 11) is 0. The molecule has 5 nitrogen and oxygen atoms in total. The number of carbonyl (C=O) groups is 2. The molecule has 35 heavy (non-hydrogen) atoms. The average molecular weight is 510 g/mol. The lowest BCUT2D eigenvalue weighted by molar-refractivity contribution is 0.0449. The molecule has 2 N–H and O–H groups in total. The smallest absolute Gasteiger partial charge is 0.255 e. The summed E-state index contributed by atoms with van der Waals surface area (Å²) in [6.07, 6.45) is 1.64. The Morgan fingerprint density at radius 3 is 2.20 bits per heavy atom. The SMILES string of the molecule is CC(c1ccccc1)N(C(=O)c1ccccc1C(N)=O)C1CCN(Cc2ccc(Cl)c(Cl)c2)CC1. The first-order valence-corrected chi connectivity index (χ1v) is 12.5. The van der Waals surface area contributed by atoms with Crippen LogP contribution >= 0.6 is 23.2 Å². The van der Waals surface area contributed by atoms with Crippen molar-refractivity contribution in [2.45, 2.75) is 38.4 Å². The number of primary amides is 1. The van der Waals surface area contributed by atoms with Crippen molar-refractivity contribution in [1.82, 2.24) is 9.80 Å². The van der Waals surface area contributed by atoms with Crippen LogP contribution in [0, 0.1) is 0 Å². The topological polar surface area (TPSA) is 66.6 Å². The summed E-state index contributed by atoms with van der Waals surface area (Å²) in [6.45, 7) is 4.50. The van der Waals surface area contributed by atoms with Crippen LogP contribution < -0.4 is 5.73 Å². The second kappa shape index (κ2) is 11.3. The predicted octanol–water partition coefficient (Wildman–Crippen LogP) is 5.96. The lowest BCUT2D eigenvalue weighted by Crippen LogP contribution is -2.48. The van der Waals surface area contributed by atoms with Gasteiger partial charge in [0.15, 0.2) is 0 Å². The van der Waals surface area contributed by atoms with E-state index in [2.05, 4.69) is 4.90 Å². The third-order valence-electron chi connectivity index (χ3n) is 6.70. The van der Waals surface area contributed by atoms with Gasteiger partial charge in [0.1, 0.15) is 0 Å². The first kappa shape index (κ1) is 25.2.